The van der Waals surface area contributed by atoms with E-state index in [2.05, 4.69) is 27.7 Å². The summed E-state index contributed by atoms with van der Waals surface area (Å²) in [7, 11) is 0. The first-order valence-corrected chi connectivity index (χ1v) is 5.52. The molecule has 12 heavy (non-hydrogen) atoms. The van der Waals surface area contributed by atoms with Gasteiger partial charge < -0.3 is 0 Å². The van der Waals surface area contributed by atoms with Crippen molar-refractivity contribution >= 4 is 0 Å². The van der Waals surface area contributed by atoms with Crippen molar-refractivity contribution in [1.82, 2.24) is 0 Å². The zero-order valence-electron chi connectivity index (χ0n) is 9.19. The Bertz CT molecular complexity index is 123. The zero-order chi connectivity index (χ0) is 9.19. The van der Waals surface area contributed by atoms with E-state index < -0.39 is 0 Å². The van der Waals surface area contributed by atoms with Crippen LogP contribution in [0.25, 0.3) is 0 Å². The third-order valence-electron chi connectivity index (χ3n) is 3.72. The molecule has 0 radical (unpaired) electrons. The van der Waals surface area contributed by atoms with Gasteiger partial charge in [-0.3, -0.25) is 0 Å². The average molecular weight is 168 g/mol. The Kier molecular flexibility index (Phi) is 3.20. The van der Waals surface area contributed by atoms with E-state index in [0.717, 1.165) is 11.8 Å². The van der Waals surface area contributed by atoms with E-state index in [-0.39, 0.29) is 0 Å². The molecular formula is C12H24. The lowest BCUT2D eigenvalue weighted by molar-refractivity contribution is 0.141. The number of hydrogen-bond donors (Lipinski definition) is 0. The van der Waals surface area contributed by atoms with Crippen LogP contribution >= 0.6 is 0 Å². The summed E-state index contributed by atoms with van der Waals surface area (Å²) < 4.78 is 0. The lowest BCUT2D eigenvalue weighted by Gasteiger charge is -2.36. The second kappa shape index (κ2) is 3.81. The molecule has 1 saturated carbocycles. The summed E-state index contributed by atoms with van der Waals surface area (Å²) in [6, 6.07) is 0. The van der Waals surface area contributed by atoms with Crippen LogP contribution in [0, 0.1) is 17.3 Å². The summed E-state index contributed by atoms with van der Waals surface area (Å²) in [5.74, 6) is 1.91. The summed E-state index contributed by atoms with van der Waals surface area (Å²) in [6.45, 7) is 9.58. The third-order valence-corrected chi connectivity index (χ3v) is 3.72. The van der Waals surface area contributed by atoms with Crippen molar-refractivity contribution < 1.29 is 0 Å². The van der Waals surface area contributed by atoms with Crippen LogP contribution < -0.4 is 0 Å². The Morgan fingerprint density at radius 1 is 1.00 bits per heavy atom. The molecule has 0 saturated heterocycles. The van der Waals surface area contributed by atoms with Crippen molar-refractivity contribution in [2.75, 3.05) is 0 Å². The fourth-order valence-electron chi connectivity index (χ4n) is 2.34. The Morgan fingerprint density at radius 3 is 1.92 bits per heavy atom. The molecule has 0 nitrogen and oxygen atoms in total. The fraction of sp³-hybridized carbons (Fsp3) is 1.00. The molecule has 1 fully saturated rings. The Hall–Kier alpha value is 0. The molecule has 0 aromatic carbocycles. The monoisotopic (exact) mass is 168 g/mol. The van der Waals surface area contributed by atoms with Crippen molar-refractivity contribution in [3.8, 4) is 0 Å². The van der Waals surface area contributed by atoms with Crippen LogP contribution in [0.3, 0.4) is 0 Å². The lowest BCUT2D eigenvalue weighted by atomic mass is 9.69. The Balaban J connectivity index is 2.45. The minimum absolute atomic E-state index is 0.516. The minimum atomic E-state index is 0.516. The molecule has 1 unspecified atom stereocenters. The van der Waals surface area contributed by atoms with Gasteiger partial charge in [-0.05, 0) is 17.3 Å². The predicted molar refractivity (Wildman–Crippen MR) is 55.2 cm³/mol. The maximum absolute atomic E-state index is 2.44. The SMILES string of the molecule is CC(C1CCCCC1)C(C)(C)C. The standard InChI is InChI=1S/C12H24/c1-10(12(2,3)4)11-8-6-5-7-9-11/h10-11H,5-9H2,1-4H3. The first-order valence-electron chi connectivity index (χ1n) is 5.52. The molecule has 0 N–H and O–H groups in total. The van der Waals surface area contributed by atoms with Crippen molar-refractivity contribution in [3.05, 3.63) is 0 Å². The van der Waals surface area contributed by atoms with Crippen LogP contribution in [0.5, 0.6) is 0 Å². The van der Waals surface area contributed by atoms with E-state index in [0.29, 0.717) is 5.41 Å². The average Bonchev–Trinajstić information content (AvgIpc) is 2.03. The van der Waals surface area contributed by atoms with E-state index in [4.69, 9.17) is 0 Å². The lowest BCUT2D eigenvalue weighted by Crippen LogP contribution is -2.27. The van der Waals surface area contributed by atoms with Crippen LogP contribution in [0.4, 0.5) is 0 Å². The van der Waals surface area contributed by atoms with Gasteiger partial charge in [-0.25, -0.2) is 0 Å². The third kappa shape index (κ3) is 2.50. The molecule has 1 aliphatic carbocycles. The summed E-state index contributed by atoms with van der Waals surface area (Å²) >= 11 is 0. The predicted octanol–water partition coefficient (Wildman–Crippen LogP) is 4.25. The summed E-state index contributed by atoms with van der Waals surface area (Å²) in [5.41, 5.74) is 0.516. The normalized spacial score (nSPS) is 24.0. The minimum Gasteiger partial charge on any atom is -0.0617 e. The van der Waals surface area contributed by atoms with Crippen molar-refractivity contribution in [2.45, 2.75) is 59.8 Å². The van der Waals surface area contributed by atoms with Gasteiger partial charge in [0, 0.05) is 0 Å². The van der Waals surface area contributed by atoms with E-state index >= 15 is 0 Å². The first kappa shape index (κ1) is 10.1. The van der Waals surface area contributed by atoms with Gasteiger partial charge in [0.25, 0.3) is 0 Å². The summed E-state index contributed by atoms with van der Waals surface area (Å²) in [5, 5.41) is 0. The summed E-state index contributed by atoms with van der Waals surface area (Å²) in [6.07, 6.45) is 7.40. The van der Waals surface area contributed by atoms with E-state index in [9.17, 15) is 0 Å². The molecule has 0 amide bonds. The van der Waals surface area contributed by atoms with Crippen LogP contribution in [-0.2, 0) is 0 Å². The maximum atomic E-state index is 2.44. The van der Waals surface area contributed by atoms with E-state index in [1.165, 1.54) is 32.1 Å². The van der Waals surface area contributed by atoms with Crippen LogP contribution in [0.15, 0.2) is 0 Å². The van der Waals surface area contributed by atoms with Crippen LogP contribution in [0.1, 0.15) is 59.8 Å². The van der Waals surface area contributed by atoms with Crippen LogP contribution in [0.2, 0.25) is 0 Å². The maximum Gasteiger partial charge on any atom is -0.0354 e. The topological polar surface area (TPSA) is 0 Å². The number of hydrogen-bond acceptors (Lipinski definition) is 0. The number of rotatable bonds is 1. The largest absolute Gasteiger partial charge is 0.0617 e. The zero-order valence-corrected chi connectivity index (χ0v) is 9.19. The van der Waals surface area contributed by atoms with Gasteiger partial charge in [0.1, 0.15) is 0 Å². The second-order valence-corrected chi connectivity index (χ2v) is 5.55. The molecule has 0 heterocycles. The fourth-order valence-corrected chi connectivity index (χ4v) is 2.34. The molecular weight excluding hydrogens is 144 g/mol. The highest BCUT2D eigenvalue weighted by molar-refractivity contribution is 4.79. The van der Waals surface area contributed by atoms with Gasteiger partial charge in [0.2, 0.25) is 0 Å². The van der Waals surface area contributed by atoms with E-state index in [1.54, 1.807) is 0 Å². The van der Waals surface area contributed by atoms with Crippen molar-refractivity contribution in [3.63, 3.8) is 0 Å². The highest BCUT2D eigenvalue weighted by Crippen LogP contribution is 2.39. The van der Waals surface area contributed by atoms with Crippen molar-refractivity contribution in [1.29, 1.82) is 0 Å². The second-order valence-electron chi connectivity index (χ2n) is 5.55. The Morgan fingerprint density at radius 2 is 1.50 bits per heavy atom. The smallest absolute Gasteiger partial charge is 0.0354 e. The van der Waals surface area contributed by atoms with Gasteiger partial charge in [-0.1, -0.05) is 59.8 Å². The quantitative estimate of drug-likeness (QED) is 0.549. The van der Waals surface area contributed by atoms with Gasteiger partial charge in [-0.15, -0.1) is 0 Å². The van der Waals surface area contributed by atoms with Gasteiger partial charge in [0.05, 0.1) is 0 Å². The molecule has 0 bridgehead atoms. The molecule has 0 heteroatoms. The van der Waals surface area contributed by atoms with Gasteiger partial charge in [-0.2, -0.15) is 0 Å². The molecule has 0 aliphatic heterocycles. The van der Waals surface area contributed by atoms with Gasteiger partial charge >= 0.3 is 0 Å². The highest BCUT2D eigenvalue weighted by atomic mass is 14.3. The molecule has 0 spiro atoms. The first-order chi connectivity index (χ1) is 5.52. The molecule has 72 valence electrons. The van der Waals surface area contributed by atoms with Crippen molar-refractivity contribution in [2.24, 2.45) is 17.3 Å². The summed E-state index contributed by atoms with van der Waals surface area (Å²) in [4.78, 5) is 0. The van der Waals surface area contributed by atoms with E-state index in [1.807, 2.05) is 0 Å². The van der Waals surface area contributed by atoms with Crippen LogP contribution in [-0.4, -0.2) is 0 Å². The molecule has 0 aromatic heterocycles. The highest BCUT2D eigenvalue weighted by Gasteiger charge is 2.28. The Labute approximate surface area is 77.7 Å². The molecule has 1 atom stereocenters. The van der Waals surface area contributed by atoms with Gasteiger partial charge in [0.15, 0.2) is 0 Å². The molecule has 1 aliphatic rings. The molecule has 1 rings (SSSR count). The molecule has 0 aromatic rings.